The highest BCUT2D eigenvalue weighted by molar-refractivity contribution is 6.08. The molecule has 8 bridgehead atoms. The molecule has 5 heterocycles. The average Bonchev–Trinajstić information content (AvgIpc) is 4.15. The lowest BCUT2D eigenvalue weighted by molar-refractivity contribution is 0.591. The maximum atomic E-state index is 5.79. The third kappa shape index (κ3) is 6.77. The fourth-order valence-electron chi connectivity index (χ4n) is 7.69. The Balaban J connectivity index is 1.54. The zero-order valence-electron chi connectivity index (χ0n) is 31.0. The SMILES string of the molecule is [Si]Oc1cccc(O[Si])c1-c1c2nc(c(-c3c(O[Si])cccc3O[Si])c3ccc([nH]3)c(-c3c(O[Si])cccc3O[Si])c3nc(c(-c4ccccc4)c4ccc1[nH]4)C=C3)C=C2. The third-order valence-corrected chi connectivity index (χ3v) is 11.5. The van der Waals surface area contributed by atoms with Gasteiger partial charge in [0, 0.05) is 44.3 Å². The van der Waals surface area contributed by atoms with E-state index in [1.54, 1.807) is 0 Å². The molecular formula is C44H24N4O6Si6. The molecular weight excluding hydrogens is 849 g/mol. The fraction of sp³-hybridized carbons (Fsp3) is 0. The van der Waals surface area contributed by atoms with Crippen LogP contribution >= 0.6 is 0 Å². The Morgan fingerprint density at radius 3 is 0.883 bits per heavy atom. The molecule has 18 radical (unpaired) electrons. The number of nitrogens with zero attached hydrogens (tertiary/aromatic N) is 2. The molecule has 280 valence electrons. The van der Waals surface area contributed by atoms with Crippen LogP contribution in [0.25, 0.3) is 90.9 Å². The highest BCUT2D eigenvalue weighted by Gasteiger charge is 2.25. The maximum absolute atomic E-state index is 5.79. The van der Waals surface area contributed by atoms with E-state index in [4.69, 9.17) is 36.5 Å². The summed E-state index contributed by atoms with van der Waals surface area (Å²) in [5.41, 5.74) is 11.2. The normalized spacial score (nSPS) is 11.7. The highest BCUT2D eigenvalue weighted by Crippen LogP contribution is 2.47. The van der Waals surface area contributed by atoms with Gasteiger partial charge in [0.05, 0.1) is 39.5 Å². The summed E-state index contributed by atoms with van der Waals surface area (Å²) in [5.74, 6) is 2.93. The van der Waals surface area contributed by atoms with Crippen LogP contribution in [-0.4, -0.2) is 82.9 Å². The summed E-state index contributed by atoms with van der Waals surface area (Å²) in [7, 11) is 19.8. The molecule has 0 fully saturated rings. The number of benzene rings is 4. The third-order valence-electron chi connectivity index (χ3n) is 10.2. The first-order valence-corrected chi connectivity index (χ1v) is 20.6. The molecule has 16 heteroatoms. The Morgan fingerprint density at radius 2 is 0.583 bits per heavy atom. The van der Waals surface area contributed by atoms with Crippen LogP contribution in [0, 0.1) is 0 Å². The first-order valence-electron chi connectivity index (χ1n) is 18.1. The van der Waals surface area contributed by atoms with Gasteiger partial charge < -0.3 is 36.5 Å². The number of fused-ring (bicyclic) bond motifs is 8. The van der Waals surface area contributed by atoms with E-state index in [9.17, 15) is 0 Å². The zero-order valence-corrected chi connectivity index (χ0v) is 37.0. The molecule has 10 nitrogen and oxygen atoms in total. The van der Waals surface area contributed by atoms with Crippen LogP contribution in [0.1, 0.15) is 22.8 Å². The van der Waals surface area contributed by atoms with Crippen molar-refractivity contribution in [3.63, 3.8) is 0 Å². The first kappa shape index (κ1) is 39.1. The number of rotatable bonds is 10. The molecule has 0 saturated heterocycles. The van der Waals surface area contributed by atoms with Crippen molar-refractivity contribution in [2.24, 2.45) is 0 Å². The van der Waals surface area contributed by atoms with Crippen LogP contribution in [0.2, 0.25) is 0 Å². The fourth-order valence-corrected chi connectivity index (χ4v) is 8.71. The summed E-state index contributed by atoms with van der Waals surface area (Å²) < 4.78 is 34.7. The van der Waals surface area contributed by atoms with Crippen LogP contribution in [-0.2, 0) is 0 Å². The van der Waals surface area contributed by atoms with Crippen molar-refractivity contribution in [3.8, 4) is 79.0 Å². The Hall–Kier alpha value is -6.42. The van der Waals surface area contributed by atoms with Crippen LogP contribution in [0.5, 0.6) is 34.5 Å². The van der Waals surface area contributed by atoms with Gasteiger partial charge in [-0.25, -0.2) is 9.97 Å². The van der Waals surface area contributed by atoms with Gasteiger partial charge in [0.2, 0.25) is 0 Å². The first-order chi connectivity index (χ1) is 29.5. The van der Waals surface area contributed by atoms with Gasteiger partial charge >= 0.3 is 62.9 Å². The van der Waals surface area contributed by atoms with Gasteiger partial charge in [-0.05, 0) is 90.5 Å². The number of nitrogens with one attached hydrogen (secondary N) is 2. The molecule has 9 rings (SSSR count). The summed E-state index contributed by atoms with van der Waals surface area (Å²) in [5, 5.41) is 0. The molecule has 2 aliphatic heterocycles. The van der Waals surface area contributed by atoms with Crippen molar-refractivity contribution in [1.82, 2.24) is 19.9 Å². The minimum atomic E-state index is 0.473. The largest absolute Gasteiger partial charge is 0.540 e. The Bertz CT molecular complexity index is 2920. The van der Waals surface area contributed by atoms with Gasteiger partial charge in [-0.2, -0.15) is 0 Å². The monoisotopic (exact) mass is 872 g/mol. The molecule has 2 N–H and O–H groups in total. The van der Waals surface area contributed by atoms with Gasteiger partial charge in [-0.1, -0.05) is 48.5 Å². The summed E-state index contributed by atoms with van der Waals surface area (Å²) in [6.07, 6.45) is 7.89. The number of H-pyrrole nitrogens is 2. The van der Waals surface area contributed by atoms with E-state index in [0.717, 1.165) is 27.9 Å². The standard InChI is InChI=1S/C44H24N4O6Si6/c55-49-32-9-4-10-33(50-56)42(32)39-26-17-15-24(45-26)38(23-7-2-1-3-8-23)25-16-18-27(46-25)40(43-34(51-57)11-5-12-35(43)52-58)29-20-22-31(48-29)41(30-21-19-28(39)47-30)44-36(53-59)13-6-14-37(44)54-60/h1-22,45,48H. The van der Waals surface area contributed by atoms with E-state index in [0.29, 0.717) is 96.0 Å². The molecule has 0 saturated carbocycles. The van der Waals surface area contributed by atoms with Crippen molar-refractivity contribution < 1.29 is 26.6 Å². The number of aromatic nitrogens is 4. The summed E-state index contributed by atoms with van der Waals surface area (Å²) in [6, 6.07) is 34.6. The molecule has 0 amide bonds. The predicted octanol–water partition coefficient (Wildman–Crippen LogP) is 8.10. The topological polar surface area (TPSA) is 113 Å². The van der Waals surface area contributed by atoms with Crippen LogP contribution in [0.4, 0.5) is 0 Å². The second-order valence-corrected chi connectivity index (χ2v) is 14.6. The molecule has 2 aliphatic rings. The second kappa shape index (κ2) is 16.7. The van der Waals surface area contributed by atoms with E-state index >= 15 is 0 Å². The average molecular weight is 873 g/mol. The Kier molecular flexibility index (Phi) is 10.9. The molecule has 0 unspecified atom stereocenters. The lowest BCUT2D eigenvalue weighted by Crippen LogP contribution is -1.98. The van der Waals surface area contributed by atoms with E-state index in [-0.39, 0.29) is 0 Å². The maximum Gasteiger partial charge on any atom is 0.341 e. The molecule has 3 aromatic heterocycles. The molecule has 60 heavy (non-hydrogen) atoms. The molecule has 0 atom stereocenters. The zero-order chi connectivity index (χ0) is 41.3. The van der Waals surface area contributed by atoms with E-state index in [1.165, 1.54) is 0 Å². The number of hydrogen-bond acceptors (Lipinski definition) is 8. The van der Waals surface area contributed by atoms with Crippen molar-refractivity contribution in [1.29, 1.82) is 0 Å². The Morgan fingerprint density at radius 1 is 0.300 bits per heavy atom. The number of aromatic amines is 2. The summed E-state index contributed by atoms with van der Waals surface area (Å²) in [6.45, 7) is 0. The summed E-state index contributed by atoms with van der Waals surface area (Å²) in [4.78, 5) is 18.2. The highest BCUT2D eigenvalue weighted by atomic mass is 28.2. The molecule has 0 aliphatic carbocycles. The van der Waals surface area contributed by atoms with Gasteiger partial charge in [0.15, 0.2) is 0 Å². The smallest absolute Gasteiger partial charge is 0.341 e. The molecule has 0 spiro atoms. The van der Waals surface area contributed by atoms with Crippen molar-refractivity contribution in [2.45, 2.75) is 0 Å². The summed E-state index contributed by atoms with van der Waals surface area (Å²) >= 11 is 0. The van der Waals surface area contributed by atoms with Crippen LogP contribution < -0.4 is 26.6 Å². The van der Waals surface area contributed by atoms with E-state index in [2.05, 4.69) is 85.0 Å². The number of hydrogen-bond donors (Lipinski definition) is 2. The van der Waals surface area contributed by atoms with Crippen molar-refractivity contribution in [3.05, 3.63) is 132 Å². The van der Waals surface area contributed by atoms with Crippen molar-refractivity contribution >= 4 is 109 Å². The molecule has 4 aromatic carbocycles. The molecule has 7 aromatic rings. The van der Waals surface area contributed by atoms with Crippen molar-refractivity contribution in [2.75, 3.05) is 0 Å². The van der Waals surface area contributed by atoms with Gasteiger partial charge in [-0.3, -0.25) is 0 Å². The van der Waals surface area contributed by atoms with E-state index in [1.807, 2.05) is 121 Å². The minimum absolute atomic E-state index is 0.473. The Labute approximate surface area is 364 Å². The lowest BCUT2D eigenvalue weighted by Gasteiger charge is -2.15. The van der Waals surface area contributed by atoms with Crippen LogP contribution in [0.15, 0.2) is 109 Å². The lowest BCUT2D eigenvalue weighted by atomic mass is 10.0. The quantitative estimate of drug-likeness (QED) is 0.133. The van der Waals surface area contributed by atoms with Crippen LogP contribution in [0.3, 0.4) is 0 Å². The predicted molar refractivity (Wildman–Crippen MR) is 239 cm³/mol. The van der Waals surface area contributed by atoms with E-state index < -0.39 is 0 Å². The van der Waals surface area contributed by atoms with Gasteiger partial charge in [-0.15, -0.1) is 0 Å². The van der Waals surface area contributed by atoms with Gasteiger partial charge in [0.25, 0.3) is 0 Å². The second-order valence-electron chi connectivity index (χ2n) is 13.4. The van der Waals surface area contributed by atoms with Gasteiger partial charge in [0.1, 0.15) is 34.5 Å². The minimum Gasteiger partial charge on any atom is -0.540 e.